The SMILES string of the molecule is CNCCC(=O)c1c(OC)cnn1CCN(C)C. The molecule has 6 heteroatoms. The third kappa shape index (κ3) is 3.82. The molecule has 0 unspecified atom stereocenters. The van der Waals surface area contributed by atoms with Crippen molar-refractivity contribution in [2.75, 3.05) is 41.3 Å². The number of nitrogens with one attached hydrogen (secondary N) is 1. The van der Waals surface area contributed by atoms with Crippen LogP contribution in [0.2, 0.25) is 0 Å². The summed E-state index contributed by atoms with van der Waals surface area (Å²) in [5, 5.41) is 7.18. The number of carbonyl (C=O) groups excluding carboxylic acids is 1. The Labute approximate surface area is 108 Å². The summed E-state index contributed by atoms with van der Waals surface area (Å²) in [4.78, 5) is 14.2. The molecular formula is C12H22N4O2. The van der Waals surface area contributed by atoms with Gasteiger partial charge in [0.15, 0.2) is 11.5 Å². The number of aromatic nitrogens is 2. The Morgan fingerprint density at radius 1 is 1.56 bits per heavy atom. The van der Waals surface area contributed by atoms with Gasteiger partial charge >= 0.3 is 0 Å². The first kappa shape index (κ1) is 14.7. The van der Waals surface area contributed by atoms with Gasteiger partial charge in [0, 0.05) is 19.5 Å². The largest absolute Gasteiger partial charge is 0.493 e. The van der Waals surface area contributed by atoms with Crippen LogP contribution >= 0.6 is 0 Å². The molecule has 0 saturated carbocycles. The average molecular weight is 254 g/mol. The molecule has 0 aliphatic carbocycles. The lowest BCUT2D eigenvalue weighted by molar-refractivity contribution is 0.0969. The maximum absolute atomic E-state index is 12.1. The summed E-state index contributed by atoms with van der Waals surface area (Å²) in [6.45, 7) is 2.16. The highest BCUT2D eigenvalue weighted by molar-refractivity contribution is 5.97. The van der Waals surface area contributed by atoms with Gasteiger partial charge in [-0.2, -0.15) is 5.10 Å². The molecule has 1 heterocycles. The second kappa shape index (κ2) is 7.13. The topological polar surface area (TPSA) is 59.4 Å². The summed E-state index contributed by atoms with van der Waals surface area (Å²) in [6.07, 6.45) is 2.04. The molecule has 1 N–H and O–H groups in total. The summed E-state index contributed by atoms with van der Waals surface area (Å²) in [5.74, 6) is 0.604. The normalized spacial score (nSPS) is 10.9. The molecular weight excluding hydrogens is 232 g/mol. The van der Waals surface area contributed by atoms with E-state index in [0.717, 1.165) is 6.54 Å². The van der Waals surface area contributed by atoms with Gasteiger partial charge in [-0.25, -0.2) is 0 Å². The van der Waals surface area contributed by atoms with Gasteiger partial charge in [-0.3, -0.25) is 9.48 Å². The van der Waals surface area contributed by atoms with Crippen molar-refractivity contribution in [2.24, 2.45) is 0 Å². The van der Waals surface area contributed by atoms with Crippen LogP contribution in [0.5, 0.6) is 5.75 Å². The minimum atomic E-state index is 0.0532. The highest BCUT2D eigenvalue weighted by Gasteiger charge is 2.18. The van der Waals surface area contributed by atoms with Gasteiger partial charge in [0.25, 0.3) is 0 Å². The monoisotopic (exact) mass is 254 g/mol. The maximum Gasteiger partial charge on any atom is 0.185 e. The van der Waals surface area contributed by atoms with Gasteiger partial charge < -0.3 is 15.0 Å². The van der Waals surface area contributed by atoms with E-state index in [0.29, 0.717) is 31.0 Å². The molecule has 0 aromatic carbocycles. The van der Waals surface area contributed by atoms with Gasteiger partial charge in [-0.05, 0) is 21.1 Å². The van der Waals surface area contributed by atoms with Gasteiger partial charge in [0.1, 0.15) is 5.69 Å². The number of nitrogens with zero attached hydrogens (tertiary/aromatic N) is 3. The molecule has 0 bridgehead atoms. The second-order valence-corrected chi connectivity index (χ2v) is 4.36. The molecule has 1 aromatic heterocycles. The predicted octanol–water partition coefficient (Wildman–Crippen LogP) is 0.246. The summed E-state index contributed by atoms with van der Waals surface area (Å²) >= 11 is 0. The maximum atomic E-state index is 12.1. The Kier molecular flexibility index (Phi) is 5.80. The molecule has 6 nitrogen and oxygen atoms in total. The van der Waals surface area contributed by atoms with E-state index >= 15 is 0 Å². The van der Waals surface area contributed by atoms with Gasteiger partial charge in [-0.1, -0.05) is 0 Å². The van der Waals surface area contributed by atoms with Gasteiger partial charge in [0.2, 0.25) is 0 Å². The third-order valence-electron chi connectivity index (χ3n) is 2.65. The van der Waals surface area contributed by atoms with Crippen LogP contribution in [0, 0.1) is 0 Å². The molecule has 0 amide bonds. The highest BCUT2D eigenvalue weighted by Crippen LogP contribution is 2.19. The van der Waals surface area contributed by atoms with E-state index in [-0.39, 0.29) is 5.78 Å². The van der Waals surface area contributed by atoms with Crippen molar-refractivity contribution in [3.8, 4) is 5.75 Å². The molecule has 0 spiro atoms. The van der Waals surface area contributed by atoms with Crippen LogP contribution in [0.3, 0.4) is 0 Å². The molecule has 0 radical (unpaired) electrons. The molecule has 1 aromatic rings. The smallest absolute Gasteiger partial charge is 0.185 e. The van der Waals surface area contributed by atoms with E-state index in [1.54, 1.807) is 18.0 Å². The standard InChI is InChI=1S/C12H22N4O2/c1-13-6-5-10(17)12-11(18-4)9-14-16(12)8-7-15(2)3/h9,13H,5-8H2,1-4H3. The van der Waals surface area contributed by atoms with Crippen LogP contribution in [0.1, 0.15) is 16.9 Å². The third-order valence-corrected chi connectivity index (χ3v) is 2.65. The van der Waals surface area contributed by atoms with Crippen molar-refractivity contribution in [1.82, 2.24) is 20.0 Å². The fourth-order valence-corrected chi connectivity index (χ4v) is 1.62. The number of carbonyl (C=O) groups is 1. The van der Waals surface area contributed by atoms with Crippen LogP contribution in [0.25, 0.3) is 0 Å². The quantitative estimate of drug-likeness (QED) is 0.674. The molecule has 0 atom stereocenters. The van der Waals surface area contributed by atoms with Crippen molar-refractivity contribution in [3.05, 3.63) is 11.9 Å². The molecule has 0 aliphatic heterocycles. The summed E-state index contributed by atoms with van der Waals surface area (Å²) < 4.78 is 6.91. The molecule has 0 aliphatic rings. The zero-order chi connectivity index (χ0) is 13.5. The van der Waals surface area contributed by atoms with E-state index in [2.05, 4.69) is 15.3 Å². The highest BCUT2D eigenvalue weighted by atomic mass is 16.5. The summed E-state index contributed by atoms with van der Waals surface area (Å²) in [6, 6.07) is 0. The van der Waals surface area contributed by atoms with E-state index in [1.807, 2.05) is 21.1 Å². The Bertz CT molecular complexity index is 387. The number of likely N-dealkylation sites (N-methyl/N-ethyl adjacent to an activating group) is 1. The Hall–Kier alpha value is -1.40. The Morgan fingerprint density at radius 2 is 2.28 bits per heavy atom. The lowest BCUT2D eigenvalue weighted by Crippen LogP contribution is -2.22. The predicted molar refractivity (Wildman–Crippen MR) is 70.2 cm³/mol. The van der Waals surface area contributed by atoms with Crippen LogP contribution in [-0.2, 0) is 6.54 Å². The molecule has 18 heavy (non-hydrogen) atoms. The van der Waals surface area contributed by atoms with E-state index in [1.165, 1.54) is 0 Å². The number of hydrogen-bond donors (Lipinski definition) is 1. The number of methoxy groups -OCH3 is 1. The van der Waals surface area contributed by atoms with E-state index in [9.17, 15) is 4.79 Å². The van der Waals surface area contributed by atoms with Crippen LogP contribution < -0.4 is 10.1 Å². The van der Waals surface area contributed by atoms with Crippen molar-refractivity contribution in [3.63, 3.8) is 0 Å². The van der Waals surface area contributed by atoms with E-state index < -0.39 is 0 Å². The molecule has 0 saturated heterocycles. The van der Waals surface area contributed by atoms with Crippen molar-refractivity contribution in [1.29, 1.82) is 0 Å². The lowest BCUT2D eigenvalue weighted by atomic mass is 10.2. The fourth-order valence-electron chi connectivity index (χ4n) is 1.62. The number of ketones is 1. The first-order chi connectivity index (χ1) is 8.60. The molecule has 0 fully saturated rings. The second-order valence-electron chi connectivity index (χ2n) is 4.36. The Morgan fingerprint density at radius 3 is 2.83 bits per heavy atom. The number of rotatable bonds is 8. The average Bonchev–Trinajstić information content (AvgIpc) is 2.76. The van der Waals surface area contributed by atoms with Crippen LogP contribution in [0.4, 0.5) is 0 Å². The zero-order valence-electron chi connectivity index (χ0n) is 11.6. The van der Waals surface area contributed by atoms with Crippen molar-refractivity contribution in [2.45, 2.75) is 13.0 Å². The summed E-state index contributed by atoms with van der Waals surface area (Å²) in [7, 11) is 7.36. The van der Waals surface area contributed by atoms with Crippen molar-refractivity contribution < 1.29 is 9.53 Å². The number of ether oxygens (including phenoxy) is 1. The summed E-state index contributed by atoms with van der Waals surface area (Å²) in [5.41, 5.74) is 0.564. The van der Waals surface area contributed by atoms with Crippen molar-refractivity contribution >= 4 is 5.78 Å². The lowest BCUT2D eigenvalue weighted by Gasteiger charge is -2.12. The minimum absolute atomic E-state index is 0.0532. The first-order valence-corrected chi connectivity index (χ1v) is 6.02. The molecule has 1 rings (SSSR count). The Balaban J connectivity index is 2.84. The van der Waals surface area contributed by atoms with Gasteiger partial charge in [0.05, 0.1) is 19.9 Å². The zero-order valence-corrected chi connectivity index (χ0v) is 11.6. The number of Topliss-reactive ketones (excluding diaryl/α,β-unsaturated/α-hetero) is 1. The number of hydrogen-bond acceptors (Lipinski definition) is 5. The fraction of sp³-hybridized carbons (Fsp3) is 0.667. The van der Waals surface area contributed by atoms with Crippen LogP contribution in [0.15, 0.2) is 6.20 Å². The minimum Gasteiger partial charge on any atom is -0.493 e. The molecule has 102 valence electrons. The first-order valence-electron chi connectivity index (χ1n) is 6.02. The van der Waals surface area contributed by atoms with Gasteiger partial charge in [-0.15, -0.1) is 0 Å². The van der Waals surface area contributed by atoms with Crippen LogP contribution in [-0.4, -0.2) is 61.8 Å². The van der Waals surface area contributed by atoms with E-state index in [4.69, 9.17) is 4.74 Å².